The summed E-state index contributed by atoms with van der Waals surface area (Å²) in [6.45, 7) is 9.07. The summed E-state index contributed by atoms with van der Waals surface area (Å²) in [7, 11) is 0. The Kier molecular flexibility index (Phi) is 4.55. The molecule has 0 amide bonds. The first-order valence-corrected chi connectivity index (χ1v) is 3.54. The van der Waals surface area contributed by atoms with Gasteiger partial charge in [0, 0.05) is 6.42 Å². The Hall–Kier alpha value is -0.850. The Morgan fingerprint density at radius 1 is 1.50 bits per heavy atom. The molecule has 0 N–H and O–H groups in total. The second-order valence-electron chi connectivity index (χ2n) is 2.21. The molecular formula is C9H14O. The minimum Gasteiger partial charge on any atom is -0.299 e. The van der Waals surface area contributed by atoms with Crippen LogP contribution in [0.2, 0.25) is 0 Å². The third-order valence-electron chi connectivity index (χ3n) is 1.38. The van der Waals surface area contributed by atoms with Crippen molar-refractivity contribution in [2.45, 2.75) is 19.8 Å². The second-order valence-corrected chi connectivity index (χ2v) is 2.21. The first-order valence-electron chi connectivity index (χ1n) is 3.54. The quantitative estimate of drug-likeness (QED) is 0.533. The highest BCUT2D eigenvalue weighted by atomic mass is 16.1. The molecule has 0 bridgehead atoms. The van der Waals surface area contributed by atoms with Gasteiger partial charge in [0.15, 0.2) is 0 Å². The van der Waals surface area contributed by atoms with Gasteiger partial charge in [0.1, 0.15) is 5.78 Å². The van der Waals surface area contributed by atoms with E-state index >= 15 is 0 Å². The summed E-state index contributed by atoms with van der Waals surface area (Å²) in [6, 6.07) is 0. The monoisotopic (exact) mass is 138 g/mol. The largest absolute Gasteiger partial charge is 0.299 e. The molecule has 0 saturated carbocycles. The van der Waals surface area contributed by atoms with Crippen LogP contribution >= 0.6 is 0 Å². The van der Waals surface area contributed by atoms with E-state index in [2.05, 4.69) is 13.2 Å². The Labute approximate surface area is 62.4 Å². The van der Waals surface area contributed by atoms with Gasteiger partial charge in [-0.1, -0.05) is 19.1 Å². The molecule has 0 aromatic rings. The highest BCUT2D eigenvalue weighted by Crippen LogP contribution is 2.05. The van der Waals surface area contributed by atoms with Gasteiger partial charge in [0.25, 0.3) is 0 Å². The van der Waals surface area contributed by atoms with Crippen molar-refractivity contribution in [2.24, 2.45) is 5.92 Å². The smallest absolute Gasteiger partial charge is 0.143 e. The zero-order valence-corrected chi connectivity index (χ0v) is 6.47. The first kappa shape index (κ1) is 9.15. The Bertz CT molecular complexity index is 128. The van der Waals surface area contributed by atoms with Crippen molar-refractivity contribution >= 4 is 5.78 Å². The lowest BCUT2D eigenvalue weighted by atomic mass is 10.0. The number of Topliss-reactive ketones (excluding diaryl/α,β-unsaturated/α-hetero) is 1. The Morgan fingerprint density at radius 2 is 2.00 bits per heavy atom. The minimum atomic E-state index is -0.139. The zero-order valence-electron chi connectivity index (χ0n) is 6.47. The highest BCUT2D eigenvalue weighted by Gasteiger charge is 2.07. The maximum atomic E-state index is 11.1. The van der Waals surface area contributed by atoms with E-state index in [0.29, 0.717) is 6.42 Å². The number of rotatable bonds is 5. The van der Waals surface area contributed by atoms with Crippen LogP contribution in [-0.4, -0.2) is 5.78 Å². The molecule has 56 valence electrons. The van der Waals surface area contributed by atoms with Gasteiger partial charge in [0.2, 0.25) is 0 Å². The van der Waals surface area contributed by atoms with Crippen LogP contribution in [0.3, 0.4) is 0 Å². The van der Waals surface area contributed by atoms with Gasteiger partial charge in [-0.2, -0.15) is 0 Å². The van der Waals surface area contributed by atoms with E-state index in [1.54, 1.807) is 12.2 Å². The highest BCUT2D eigenvalue weighted by molar-refractivity contribution is 5.84. The number of carbonyl (C=O) groups is 1. The summed E-state index contributed by atoms with van der Waals surface area (Å²) in [6.07, 6.45) is 4.79. The number of hydrogen-bond donors (Lipinski definition) is 0. The molecule has 0 atom stereocenters. The standard InChI is InChI=1S/C9H14O/c1-4-7-9(10)8(5-2)6-3/h5-6,8H,2-4,7H2,1H3. The SMILES string of the molecule is C=CC(C=C)C(=O)CCC. The fourth-order valence-electron chi connectivity index (χ4n) is 0.772. The normalized spacial score (nSPS) is 9.40. The summed E-state index contributed by atoms with van der Waals surface area (Å²) in [5, 5.41) is 0. The maximum absolute atomic E-state index is 11.1. The second kappa shape index (κ2) is 4.98. The van der Waals surface area contributed by atoms with Crippen molar-refractivity contribution in [1.82, 2.24) is 0 Å². The van der Waals surface area contributed by atoms with Crippen LogP contribution in [0.25, 0.3) is 0 Å². The molecule has 1 heteroatoms. The lowest BCUT2D eigenvalue weighted by Gasteiger charge is -2.02. The molecule has 0 aromatic heterocycles. The number of hydrogen-bond acceptors (Lipinski definition) is 1. The third kappa shape index (κ3) is 2.62. The average Bonchev–Trinajstić information content (AvgIpc) is 1.91. The van der Waals surface area contributed by atoms with E-state index in [0.717, 1.165) is 6.42 Å². The van der Waals surface area contributed by atoms with E-state index < -0.39 is 0 Å². The van der Waals surface area contributed by atoms with Crippen LogP contribution in [0, 0.1) is 5.92 Å². The molecule has 0 heterocycles. The number of ketones is 1. The fraction of sp³-hybridized carbons (Fsp3) is 0.444. The zero-order chi connectivity index (χ0) is 7.98. The maximum Gasteiger partial charge on any atom is 0.143 e. The number of allylic oxidation sites excluding steroid dienone is 2. The minimum absolute atomic E-state index is 0.139. The lowest BCUT2D eigenvalue weighted by Crippen LogP contribution is -2.07. The van der Waals surface area contributed by atoms with Crippen LogP contribution in [0.15, 0.2) is 25.3 Å². The van der Waals surface area contributed by atoms with Crippen LogP contribution < -0.4 is 0 Å². The van der Waals surface area contributed by atoms with Crippen molar-refractivity contribution in [2.75, 3.05) is 0 Å². The molecule has 0 saturated heterocycles. The molecule has 0 spiro atoms. The summed E-state index contributed by atoms with van der Waals surface area (Å²) < 4.78 is 0. The predicted octanol–water partition coefficient (Wildman–Crippen LogP) is 2.34. The van der Waals surface area contributed by atoms with Crippen LogP contribution in [0.1, 0.15) is 19.8 Å². The molecule has 1 nitrogen and oxygen atoms in total. The summed E-state index contributed by atoms with van der Waals surface area (Å²) in [5.41, 5.74) is 0. The summed E-state index contributed by atoms with van der Waals surface area (Å²) in [5.74, 6) is 0.0763. The average molecular weight is 138 g/mol. The number of carbonyl (C=O) groups excluding carboxylic acids is 1. The van der Waals surface area contributed by atoms with Gasteiger partial charge in [-0.15, -0.1) is 13.2 Å². The first-order chi connectivity index (χ1) is 4.76. The molecule has 0 rings (SSSR count). The van der Waals surface area contributed by atoms with Crippen molar-refractivity contribution in [3.63, 3.8) is 0 Å². The molecule has 0 radical (unpaired) electrons. The molecular weight excluding hydrogens is 124 g/mol. The van der Waals surface area contributed by atoms with Gasteiger partial charge in [0.05, 0.1) is 5.92 Å². The van der Waals surface area contributed by atoms with Crippen LogP contribution in [0.5, 0.6) is 0 Å². The predicted molar refractivity (Wildman–Crippen MR) is 43.8 cm³/mol. The van der Waals surface area contributed by atoms with E-state index in [4.69, 9.17) is 0 Å². The summed E-state index contributed by atoms with van der Waals surface area (Å²) in [4.78, 5) is 11.1. The van der Waals surface area contributed by atoms with Gasteiger partial charge in [-0.05, 0) is 6.42 Å². The molecule has 0 aliphatic rings. The molecule has 0 aliphatic carbocycles. The van der Waals surface area contributed by atoms with Crippen molar-refractivity contribution in [3.8, 4) is 0 Å². The third-order valence-corrected chi connectivity index (χ3v) is 1.38. The van der Waals surface area contributed by atoms with Gasteiger partial charge < -0.3 is 0 Å². The Balaban J connectivity index is 3.88. The molecule has 0 aliphatic heterocycles. The lowest BCUT2D eigenvalue weighted by molar-refractivity contribution is -0.120. The van der Waals surface area contributed by atoms with Gasteiger partial charge in [-0.3, -0.25) is 4.79 Å². The van der Waals surface area contributed by atoms with Crippen molar-refractivity contribution < 1.29 is 4.79 Å². The molecule has 10 heavy (non-hydrogen) atoms. The molecule has 0 fully saturated rings. The Morgan fingerprint density at radius 3 is 2.30 bits per heavy atom. The molecule has 0 unspecified atom stereocenters. The van der Waals surface area contributed by atoms with Gasteiger partial charge >= 0.3 is 0 Å². The van der Waals surface area contributed by atoms with Crippen LogP contribution in [0.4, 0.5) is 0 Å². The summed E-state index contributed by atoms with van der Waals surface area (Å²) >= 11 is 0. The topological polar surface area (TPSA) is 17.1 Å². The molecule has 0 aromatic carbocycles. The van der Waals surface area contributed by atoms with Crippen molar-refractivity contribution in [3.05, 3.63) is 25.3 Å². The van der Waals surface area contributed by atoms with E-state index in [1.807, 2.05) is 6.92 Å². The van der Waals surface area contributed by atoms with Gasteiger partial charge in [-0.25, -0.2) is 0 Å². The van der Waals surface area contributed by atoms with E-state index in [1.165, 1.54) is 0 Å². The van der Waals surface area contributed by atoms with Crippen LogP contribution in [-0.2, 0) is 4.79 Å². The van der Waals surface area contributed by atoms with Crippen molar-refractivity contribution in [1.29, 1.82) is 0 Å². The fourth-order valence-corrected chi connectivity index (χ4v) is 0.772. The van der Waals surface area contributed by atoms with E-state index in [9.17, 15) is 4.79 Å². The van der Waals surface area contributed by atoms with E-state index in [-0.39, 0.29) is 11.7 Å².